The summed E-state index contributed by atoms with van der Waals surface area (Å²) in [5.74, 6) is 2.35. The highest BCUT2D eigenvalue weighted by Crippen LogP contribution is 2.31. The average Bonchev–Trinajstić information content (AvgIpc) is 2.72. The van der Waals surface area contributed by atoms with E-state index in [2.05, 4.69) is 27.1 Å². The Hall–Kier alpha value is -2.87. The van der Waals surface area contributed by atoms with Gasteiger partial charge in [0, 0.05) is 38.3 Å². The smallest absolute Gasteiger partial charge is 0.272 e. The number of carbonyl (C=O) groups is 1. The van der Waals surface area contributed by atoms with E-state index in [0.29, 0.717) is 47.6 Å². The first-order valence-electron chi connectivity index (χ1n) is 9.40. The molecule has 0 radical (unpaired) electrons. The van der Waals surface area contributed by atoms with Crippen LogP contribution in [0, 0.1) is 6.92 Å². The van der Waals surface area contributed by atoms with Crippen LogP contribution in [-0.2, 0) is 0 Å². The van der Waals surface area contributed by atoms with Gasteiger partial charge in [0.1, 0.15) is 28.8 Å². The van der Waals surface area contributed by atoms with Gasteiger partial charge in [-0.2, -0.15) is 0 Å². The maximum Gasteiger partial charge on any atom is 0.272 e. The lowest BCUT2D eigenvalue weighted by atomic mass is 10.2. The van der Waals surface area contributed by atoms with Crippen molar-refractivity contribution >= 4 is 17.4 Å². The van der Waals surface area contributed by atoms with E-state index in [1.54, 1.807) is 27.2 Å². The number of hydrogen-bond acceptors (Lipinski definition) is 7. The SMILES string of the molecule is CCN1CCN(C(=O)c2cc(Nc3cc(OC)ccc3OC)nc(C)n2)CC1. The number of hydrogen-bond donors (Lipinski definition) is 1. The van der Waals surface area contributed by atoms with Gasteiger partial charge in [-0.3, -0.25) is 4.79 Å². The fourth-order valence-electron chi connectivity index (χ4n) is 3.22. The Labute approximate surface area is 165 Å². The molecule has 1 N–H and O–H groups in total. The normalized spacial score (nSPS) is 14.6. The van der Waals surface area contributed by atoms with Crippen LogP contribution in [0.1, 0.15) is 23.2 Å². The molecule has 28 heavy (non-hydrogen) atoms. The number of nitrogens with one attached hydrogen (secondary N) is 1. The lowest BCUT2D eigenvalue weighted by Crippen LogP contribution is -2.48. The Kier molecular flexibility index (Phi) is 6.30. The largest absolute Gasteiger partial charge is 0.497 e. The number of nitrogens with zero attached hydrogens (tertiary/aromatic N) is 4. The van der Waals surface area contributed by atoms with Crippen LogP contribution in [0.2, 0.25) is 0 Å². The van der Waals surface area contributed by atoms with E-state index in [1.807, 2.05) is 23.1 Å². The van der Waals surface area contributed by atoms with E-state index in [1.165, 1.54) is 0 Å². The zero-order valence-corrected chi connectivity index (χ0v) is 16.9. The highest BCUT2D eigenvalue weighted by Gasteiger charge is 2.23. The molecule has 150 valence electrons. The predicted octanol–water partition coefficient (Wildman–Crippen LogP) is 2.32. The van der Waals surface area contributed by atoms with Gasteiger partial charge in [0.15, 0.2) is 0 Å². The van der Waals surface area contributed by atoms with E-state index >= 15 is 0 Å². The lowest BCUT2D eigenvalue weighted by Gasteiger charge is -2.33. The van der Waals surface area contributed by atoms with Gasteiger partial charge in [-0.05, 0) is 25.6 Å². The third kappa shape index (κ3) is 4.51. The highest BCUT2D eigenvalue weighted by molar-refractivity contribution is 5.93. The maximum absolute atomic E-state index is 12.9. The Morgan fingerprint density at radius 1 is 1.11 bits per heavy atom. The van der Waals surface area contributed by atoms with Crippen LogP contribution in [-0.4, -0.2) is 72.6 Å². The Balaban J connectivity index is 1.81. The Morgan fingerprint density at radius 3 is 2.50 bits per heavy atom. The number of aryl methyl sites for hydroxylation is 1. The fourth-order valence-corrected chi connectivity index (χ4v) is 3.22. The maximum atomic E-state index is 12.9. The van der Waals surface area contributed by atoms with E-state index in [-0.39, 0.29) is 5.91 Å². The quantitative estimate of drug-likeness (QED) is 0.817. The molecule has 0 bridgehead atoms. The first-order chi connectivity index (χ1) is 13.5. The second kappa shape index (κ2) is 8.88. The van der Waals surface area contributed by atoms with Crippen LogP contribution in [0.4, 0.5) is 11.5 Å². The number of amides is 1. The minimum absolute atomic E-state index is 0.0677. The van der Waals surface area contributed by atoms with E-state index in [4.69, 9.17) is 9.47 Å². The summed E-state index contributed by atoms with van der Waals surface area (Å²) in [7, 11) is 3.21. The summed E-state index contributed by atoms with van der Waals surface area (Å²) in [5.41, 5.74) is 1.09. The monoisotopic (exact) mass is 385 g/mol. The molecule has 0 spiro atoms. The van der Waals surface area contributed by atoms with Crippen molar-refractivity contribution in [3.05, 3.63) is 35.8 Å². The second-order valence-electron chi connectivity index (χ2n) is 6.60. The molecular weight excluding hydrogens is 358 g/mol. The zero-order chi connectivity index (χ0) is 20.1. The third-order valence-corrected chi connectivity index (χ3v) is 4.83. The van der Waals surface area contributed by atoms with Crippen molar-refractivity contribution in [1.82, 2.24) is 19.8 Å². The summed E-state index contributed by atoms with van der Waals surface area (Å²) in [4.78, 5) is 25.9. The fraction of sp³-hybridized carbons (Fsp3) is 0.450. The molecule has 1 aliphatic rings. The molecule has 1 aromatic carbocycles. The van der Waals surface area contributed by atoms with E-state index in [9.17, 15) is 4.79 Å². The summed E-state index contributed by atoms with van der Waals surface area (Å²) >= 11 is 0. The molecule has 1 amide bonds. The van der Waals surface area contributed by atoms with Crippen LogP contribution in [0.3, 0.4) is 0 Å². The predicted molar refractivity (Wildman–Crippen MR) is 108 cm³/mol. The number of likely N-dealkylation sites (N-methyl/N-ethyl adjacent to an activating group) is 1. The minimum Gasteiger partial charge on any atom is -0.497 e. The molecule has 8 nitrogen and oxygen atoms in total. The van der Waals surface area contributed by atoms with Gasteiger partial charge in [0.2, 0.25) is 0 Å². The van der Waals surface area contributed by atoms with Crippen molar-refractivity contribution in [2.24, 2.45) is 0 Å². The van der Waals surface area contributed by atoms with Crippen LogP contribution < -0.4 is 14.8 Å². The topological polar surface area (TPSA) is 79.8 Å². The molecule has 8 heteroatoms. The number of benzene rings is 1. The van der Waals surface area contributed by atoms with Gasteiger partial charge >= 0.3 is 0 Å². The molecule has 1 saturated heterocycles. The summed E-state index contributed by atoms with van der Waals surface area (Å²) in [6.45, 7) is 8.11. The Morgan fingerprint density at radius 2 is 1.86 bits per heavy atom. The molecular formula is C20H27N5O3. The number of ether oxygens (including phenoxy) is 2. The molecule has 3 rings (SSSR count). The van der Waals surface area contributed by atoms with Crippen LogP contribution in [0.25, 0.3) is 0 Å². The van der Waals surface area contributed by atoms with Gasteiger partial charge in [0.25, 0.3) is 5.91 Å². The standard InChI is InChI=1S/C20H27N5O3/c1-5-24-8-10-25(11-9-24)20(26)17-13-19(22-14(2)21-17)23-16-12-15(27-3)6-7-18(16)28-4/h6-7,12-13H,5,8-11H2,1-4H3,(H,21,22,23). The number of piperazine rings is 1. The van der Waals surface area contributed by atoms with Crippen molar-refractivity contribution in [1.29, 1.82) is 0 Å². The molecule has 1 aromatic heterocycles. The van der Waals surface area contributed by atoms with Crippen LogP contribution >= 0.6 is 0 Å². The number of methoxy groups -OCH3 is 2. The Bertz CT molecular complexity index is 835. The molecule has 0 atom stereocenters. The number of carbonyl (C=O) groups excluding carboxylic acids is 1. The average molecular weight is 385 g/mol. The molecule has 0 unspecified atom stereocenters. The third-order valence-electron chi connectivity index (χ3n) is 4.83. The molecule has 1 fully saturated rings. The second-order valence-corrected chi connectivity index (χ2v) is 6.60. The molecule has 2 heterocycles. The van der Waals surface area contributed by atoms with Crippen LogP contribution in [0.15, 0.2) is 24.3 Å². The zero-order valence-electron chi connectivity index (χ0n) is 16.9. The molecule has 2 aromatic rings. The first kappa shape index (κ1) is 19.9. The van der Waals surface area contributed by atoms with Crippen molar-refractivity contribution in [3.63, 3.8) is 0 Å². The van der Waals surface area contributed by atoms with Gasteiger partial charge in [0.05, 0.1) is 19.9 Å². The van der Waals surface area contributed by atoms with Gasteiger partial charge in [-0.25, -0.2) is 9.97 Å². The van der Waals surface area contributed by atoms with Gasteiger partial charge < -0.3 is 24.6 Å². The molecule has 0 saturated carbocycles. The summed E-state index contributed by atoms with van der Waals surface area (Å²) in [6, 6.07) is 7.14. The number of aromatic nitrogens is 2. The molecule has 0 aliphatic carbocycles. The summed E-state index contributed by atoms with van der Waals surface area (Å²) < 4.78 is 10.7. The summed E-state index contributed by atoms with van der Waals surface area (Å²) in [6.07, 6.45) is 0. The van der Waals surface area contributed by atoms with Gasteiger partial charge in [-0.15, -0.1) is 0 Å². The number of rotatable bonds is 6. The lowest BCUT2D eigenvalue weighted by molar-refractivity contribution is 0.0637. The van der Waals surface area contributed by atoms with E-state index < -0.39 is 0 Å². The van der Waals surface area contributed by atoms with Gasteiger partial charge in [-0.1, -0.05) is 6.92 Å². The number of anilines is 2. The molecule has 1 aliphatic heterocycles. The summed E-state index contributed by atoms with van der Waals surface area (Å²) in [5, 5.41) is 3.22. The highest BCUT2D eigenvalue weighted by atomic mass is 16.5. The van der Waals surface area contributed by atoms with Crippen LogP contribution in [0.5, 0.6) is 11.5 Å². The minimum atomic E-state index is -0.0677. The van der Waals surface area contributed by atoms with Crippen molar-refractivity contribution in [2.75, 3.05) is 52.3 Å². The first-order valence-corrected chi connectivity index (χ1v) is 9.40. The van der Waals surface area contributed by atoms with Crippen molar-refractivity contribution in [3.8, 4) is 11.5 Å². The van der Waals surface area contributed by atoms with E-state index in [0.717, 1.165) is 19.6 Å². The van der Waals surface area contributed by atoms with Crippen molar-refractivity contribution in [2.45, 2.75) is 13.8 Å². The van der Waals surface area contributed by atoms with Crippen molar-refractivity contribution < 1.29 is 14.3 Å².